The van der Waals surface area contributed by atoms with Crippen molar-refractivity contribution in [2.75, 3.05) is 19.8 Å². The van der Waals surface area contributed by atoms with Gasteiger partial charge >= 0.3 is 5.97 Å². The fourth-order valence-electron chi connectivity index (χ4n) is 1.65. The van der Waals surface area contributed by atoms with Crippen LogP contribution in [0.25, 0.3) is 0 Å². The lowest BCUT2D eigenvalue weighted by molar-refractivity contribution is -0.0162. The molecule has 1 aromatic heterocycles. The third kappa shape index (κ3) is 3.49. The minimum atomic E-state index is -0.337. The zero-order valence-electron chi connectivity index (χ0n) is 9.55. The third-order valence-electron chi connectivity index (χ3n) is 2.56. The number of carbonyl (C=O) groups excluding carboxylic acids is 1. The van der Waals surface area contributed by atoms with Crippen LogP contribution in [0.4, 0.5) is 0 Å². The smallest absolute Gasteiger partial charge is 0.358 e. The molecule has 6 heteroatoms. The summed E-state index contributed by atoms with van der Waals surface area (Å²) in [5, 5.41) is 2.61. The first-order chi connectivity index (χ1) is 8.29. The molecule has 0 aliphatic carbocycles. The Morgan fingerprint density at radius 2 is 2.35 bits per heavy atom. The summed E-state index contributed by atoms with van der Waals surface area (Å²) in [6.07, 6.45) is 2.21. The number of nitrogens with zero attached hydrogens (tertiary/aromatic N) is 1. The van der Waals surface area contributed by atoms with Crippen LogP contribution in [-0.2, 0) is 15.9 Å². The summed E-state index contributed by atoms with van der Waals surface area (Å²) in [6, 6.07) is 0. The molecule has 1 saturated heterocycles. The highest BCUT2D eigenvalue weighted by Gasteiger charge is 2.20. The van der Waals surface area contributed by atoms with Gasteiger partial charge in [0.15, 0.2) is 5.69 Å². The first kappa shape index (κ1) is 12.5. The molecule has 1 aliphatic rings. The predicted molar refractivity (Wildman–Crippen MR) is 64.1 cm³/mol. The highest BCUT2D eigenvalue weighted by atomic mass is 32.1. The third-order valence-corrected chi connectivity index (χ3v) is 3.47. The summed E-state index contributed by atoms with van der Waals surface area (Å²) >= 11 is 1.45. The topological polar surface area (TPSA) is 74.4 Å². The van der Waals surface area contributed by atoms with Crippen LogP contribution in [0.1, 0.15) is 28.3 Å². The number of rotatable bonds is 4. The molecule has 0 bridgehead atoms. The lowest BCUT2D eigenvalue weighted by atomic mass is 10.1. The van der Waals surface area contributed by atoms with Gasteiger partial charge in [0.1, 0.15) is 6.10 Å². The maximum atomic E-state index is 11.8. The van der Waals surface area contributed by atoms with Crippen molar-refractivity contribution in [3.05, 3.63) is 16.1 Å². The second-order valence-corrected chi connectivity index (χ2v) is 4.82. The molecular weight excluding hydrogens is 240 g/mol. The Hall–Kier alpha value is -0.980. The molecule has 0 unspecified atom stereocenters. The van der Waals surface area contributed by atoms with Crippen molar-refractivity contribution in [1.29, 1.82) is 0 Å². The molecule has 1 aromatic rings. The fraction of sp³-hybridized carbons (Fsp3) is 0.636. The summed E-state index contributed by atoms with van der Waals surface area (Å²) in [6.45, 7) is 1.86. The maximum absolute atomic E-state index is 11.8. The Morgan fingerprint density at radius 1 is 1.59 bits per heavy atom. The zero-order chi connectivity index (χ0) is 12.1. The van der Waals surface area contributed by atoms with E-state index in [9.17, 15) is 4.79 Å². The number of hydrogen-bond donors (Lipinski definition) is 1. The Bertz CT molecular complexity index is 375. The van der Waals surface area contributed by atoms with Gasteiger partial charge in [-0.05, 0) is 6.54 Å². The van der Waals surface area contributed by atoms with Crippen LogP contribution < -0.4 is 5.73 Å². The summed E-state index contributed by atoms with van der Waals surface area (Å²) in [5.41, 5.74) is 5.83. The first-order valence-electron chi connectivity index (χ1n) is 5.73. The van der Waals surface area contributed by atoms with Crippen LogP contribution in [0, 0.1) is 0 Å². The maximum Gasteiger partial charge on any atom is 0.358 e. The molecule has 2 rings (SSSR count). The summed E-state index contributed by atoms with van der Waals surface area (Å²) in [5.74, 6) is -0.337. The van der Waals surface area contributed by atoms with Crippen LogP contribution >= 0.6 is 11.3 Å². The Labute approximate surface area is 104 Å². The first-order valence-corrected chi connectivity index (χ1v) is 6.60. The Kier molecular flexibility index (Phi) is 4.47. The van der Waals surface area contributed by atoms with E-state index in [1.807, 2.05) is 0 Å². The Balaban J connectivity index is 1.89. The number of hydrogen-bond acceptors (Lipinski definition) is 6. The standard InChI is InChI=1S/C11H16N2O3S/c12-4-1-10-13-9(7-17-10)11(14)16-8-2-5-15-6-3-8/h7-8H,1-6,12H2. The highest BCUT2D eigenvalue weighted by Crippen LogP contribution is 2.15. The summed E-state index contributed by atoms with van der Waals surface area (Å²) in [7, 11) is 0. The quantitative estimate of drug-likeness (QED) is 0.813. The summed E-state index contributed by atoms with van der Waals surface area (Å²) in [4.78, 5) is 16.0. The van der Waals surface area contributed by atoms with Gasteiger partial charge in [-0.3, -0.25) is 0 Å². The van der Waals surface area contributed by atoms with E-state index in [2.05, 4.69) is 4.98 Å². The molecule has 2 heterocycles. The van der Waals surface area contributed by atoms with Gasteiger partial charge in [0.2, 0.25) is 0 Å². The number of esters is 1. The molecule has 0 spiro atoms. The average Bonchev–Trinajstić information content (AvgIpc) is 2.79. The van der Waals surface area contributed by atoms with E-state index in [0.717, 1.165) is 17.8 Å². The molecule has 2 N–H and O–H groups in total. The van der Waals surface area contributed by atoms with E-state index in [-0.39, 0.29) is 12.1 Å². The predicted octanol–water partition coefficient (Wildman–Crippen LogP) is 0.980. The molecule has 0 saturated carbocycles. The van der Waals surface area contributed by atoms with Gasteiger partial charge in [-0.2, -0.15) is 0 Å². The molecule has 0 radical (unpaired) electrons. The van der Waals surface area contributed by atoms with Crippen molar-refractivity contribution >= 4 is 17.3 Å². The lowest BCUT2D eigenvalue weighted by Gasteiger charge is -2.21. The molecular formula is C11H16N2O3S. The van der Waals surface area contributed by atoms with Crippen LogP contribution in [0.5, 0.6) is 0 Å². The molecule has 94 valence electrons. The van der Waals surface area contributed by atoms with Crippen molar-refractivity contribution in [3.63, 3.8) is 0 Å². The van der Waals surface area contributed by atoms with Gasteiger partial charge in [0.05, 0.1) is 18.2 Å². The number of nitrogens with two attached hydrogens (primary N) is 1. The van der Waals surface area contributed by atoms with Crippen LogP contribution in [-0.4, -0.2) is 36.8 Å². The monoisotopic (exact) mass is 256 g/mol. The molecule has 1 aliphatic heterocycles. The zero-order valence-corrected chi connectivity index (χ0v) is 10.4. The van der Waals surface area contributed by atoms with E-state index in [4.69, 9.17) is 15.2 Å². The van der Waals surface area contributed by atoms with E-state index < -0.39 is 0 Å². The minimum Gasteiger partial charge on any atom is -0.457 e. The van der Waals surface area contributed by atoms with Crippen LogP contribution in [0.15, 0.2) is 5.38 Å². The van der Waals surface area contributed by atoms with Gasteiger partial charge in [0.25, 0.3) is 0 Å². The van der Waals surface area contributed by atoms with E-state index in [1.54, 1.807) is 5.38 Å². The number of ether oxygens (including phenoxy) is 2. The SMILES string of the molecule is NCCc1nc(C(=O)OC2CCOCC2)cs1. The van der Waals surface area contributed by atoms with Crippen molar-refractivity contribution in [2.24, 2.45) is 5.73 Å². The molecule has 0 aromatic carbocycles. The molecule has 5 nitrogen and oxygen atoms in total. The fourth-order valence-corrected chi connectivity index (χ4v) is 2.43. The number of carbonyl (C=O) groups is 1. The summed E-state index contributed by atoms with van der Waals surface area (Å²) < 4.78 is 10.6. The normalized spacial score (nSPS) is 17.0. The molecule has 0 atom stereocenters. The highest BCUT2D eigenvalue weighted by molar-refractivity contribution is 7.09. The van der Waals surface area contributed by atoms with E-state index in [1.165, 1.54) is 11.3 Å². The lowest BCUT2D eigenvalue weighted by Crippen LogP contribution is -2.26. The van der Waals surface area contributed by atoms with E-state index >= 15 is 0 Å². The van der Waals surface area contributed by atoms with E-state index in [0.29, 0.717) is 31.9 Å². The molecule has 1 fully saturated rings. The second-order valence-electron chi connectivity index (χ2n) is 3.88. The minimum absolute atomic E-state index is 0.0316. The van der Waals surface area contributed by atoms with Gasteiger partial charge in [-0.15, -0.1) is 11.3 Å². The van der Waals surface area contributed by atoms with Gasteiger partial charge in [-0.1, -0.05) is 0 Å². The molecule has 17 heavy (non-hydrogen) atoms. The van der Waals surface area contributed by atoms with Crippen LogP contribution in [0.2, 0.25) is 0 Å². The second kappa shape index (κ2) is 6.09. The van der Waals surface area contributed by atoms with Gasteiger partial charge in [-0.25, -0.2) is 9.78 Å². The van der Waals surface area contributed by atoms with Crippen molar-refractivity contribution in [3.8, 4) is 0 Å². The van der Waals surface area contributed by atoms with Crippen LogP contribution in [0.3, 0.4) is 0 Å². The van der Waals surface area contributed by atoms with Crippen molar-refractivity contribution in [2.45, 2.75) is 25.4 Å². The molecule has 0 amide bonds. The average molecular weight is 256 g/mol. The Morgan fingerprint density at radius 3 is 3.06 bits per heavy atom. The number of aromatic nitrogens is 1. The number of thiazole rings is 1. The largest absolute Gasteiger partial charge is 0.457 e. The van der Waals surface area contributed by atoms with Crippen molar-refractivity contribution in [1.82, 2.24) is 4.98 Å². The van der Waals surface area contributed by atoms with Crippen molar-refractivity contribution < 1.29 is 14.3 Å². The van der Waals surface area contributed by atoms with Gasteiger partial charge < -0.3 is 15.2 Å². The van der Waals surface area contributed by atoms with Gasteiger partial charge in [0, 0.05) is 24.6 Å².